The summed E-state index contributed by atoms with van der Waals surface area (Å²) in [5.74, 6) is -1.49. The maximum Gasteiger partial charge on any atom is 0.407 e. The molecule has 1 saturated carbocycles. The number of fused-ring (bicyclic) bond motifs is 3. The Morgan fingerprint density at radius 2 is 1.62 bits per heavy atom. The Balaban J connectivity index is 1.36. The van der Waals surface area contributed by atoms with Crippen molar-refractivity contribution in [3.8, 4) is 11.1 Å². The van der Waals surface area contributed by atoms with Gasteiger partial charge in [0.05, 0.1) is 12.0 Å². The van der Waals surface area contributed by atoms with Crippen LogP contribution in [0.3, 0.4) is 0 Å². The predicted octanol–water partition coefficient (Wildman–Crippen LogP) is 3.30. The summed E-state index contributed by atoms with van der Waals surface area (Å²) in [6.45, 7) is 0.0904. The van der Waals surface area contributed by atoms with Crippen molar-refractivity contribution in [3.05, 3.63) is 59.7 Å². The van der Waals surface area contributed by atoms with E-state index in [1.807, 2.05) is 36.4 Å². The molecule has 0 bridgehead atoms. The molecule has 0 aromatic heterocycles. The number of amides is 2. The molecule has 1 unspecified atom stereocenters. The highest BCUT2D eigenvalue weighted by molar-refractivity contribution is 5.86. The Morgan fingerprint density at radius 1 is 1.03 bits per heavy atom. The van der Waals surface area contributed by atoms with E-state index in [9.17, 15) is 19.5 Å². The van der Waals surface area contributed by atoms with Crippen molar-refractivity contribution in [2.45, 2.75) is 37.6 Å². The molecule has 4 rings (SSSR count). The number of hydrogen-bond donors (Lipinski definition) is 3. The number of hydrogen-bond acceptors (Lipinski definition) is 5. The number of carbonyl (C=O) groups is 3. The number of aliphatic carboxylic acids is 1. The average Bonchev–Trinajstić information content (AvgIpc) is 3.45. The van der Waals surface area contributed by atoms with Gasteiger partial charge in [-0.3, -0.25) is 9.59 Å². The second kappa shape index (κ2) is 10.3. The molecule has 0 saturated heterocycles. The fraction of sp³-hybridized carbons (Fsp3) is 0.423. The molecule has 180 valence electrons. The number of rotatable bonds is 9. The van der Waals surface area contributed by atoms with Gasteiger partial charge in [0.2, 0.25) is 5.91 Å². The molecule has 2 amide bonds. The number of carboxylic acids is 1. The SMILES string of the molecule is COCC(NC(=O)OCC1c2ccccc2-c2ccccc21)C(=O)NCC1(C(=O)O)CCCC1. The van der Waals surface area contributed by atoms with Crippen LogP contribution in [0, 0.1) is 5.41 Å². The van der Waals surface area contributed by atoms with Gasteiger partial charge in [-0.15, -0.1) is 0 Å². The normalized spacial score (nSPS) is 16.9. The lowest BCUT2D eigenvalue weighted by molar-refractivity contribution is -0.148. The van der Waals surface area contributed by atoms with Crippen LogP contribution < -0.4 is 10.6 Å². The first-order valence-electron chi connectivity index (χ1n) is 11.6. The highest BCUT2D eigenvalue weighted by atomic mass is 16.5. The molecule has 2 aromatic carbocycles. The van der Waals surface area contributed by atoms with E-state index in [1.165, 1.54) is 7.11 Å². The van der Waals surface area contributed by atoms with Gasteiger partial charge in [0, 0.05) is 19.6 Å². The Bertz CT molecular complexity index is 1020. The molecule has 2 aliphatic rings. The fourth-order valence-electron chi connectivity index (χ4n) is 5.03. The summed E-state index contributed by atoms with van der Waals surface area (Å²) < 4.78 is 10.6. The van der Waals surface area contributed by atoms with E-state index in [-0.39, 0.29) is 25.7 Å². The second-order valence-electron chi connectivity index (χ2n) is 8.99. The van der Waals surface area contributed by atoms with Crippen LogP contribution in [0.1, 0.15) is 42.7 Å². The van der Waals surface area contributed by atoms with Crippen LogP contribution in [0.2, 0.25) is 0 Å². The van der Waals surface area contributed by atoms with Crippen LogP contribution in [0.5, 0.6) is 0 Å². The van der Waals surface area contributed by atoms with E-state index < -0.39 is 29.4 Å². The first-order valence-corrected chi connectivity index (χ1v) is 11.6. The summed E-state index contributed by atoms with van der Waals surface area (Å²) in [6.07, 6.45) is 1.96. The molecule has 0 spiro atoms. The number of alkyl carbamates (subject to hydrolysis) is 1. The van der Waals surface area contributed by atoms with Crippen molar-refractivity contribution in [2.75, 3.05) is 26.9 Å². The maximum atomic E-state index is 12.7. The Kier molecular flexibility index (Phi) is 7.17. The van der Waals surface area contributed by atoms with Gasteiger partial charge in [0.15, 0.2) is 0 Å². The maximum absolute atomic E-state index is 12.7. The third-order valence-electron chi connectivity index (χ3n) is 6.90. The van der Waals surface area contributed by atoms with Crippen LogP contribution >= 0.6 is 0 Å². The number of ether oxygens (including phenoxy) is 2. The van der Waals surface area contributed by atoms with Gasteiger partial charge < -0.3 is 25.2 Å². The van der Waals surface area contributed by atoms with E-state index in [0.717, 1.165) is 35.1 Å². The lowest BCUT2D eigenvalue weighted by atomic mass is 9.86. The van der Waals surface area contributed by atoms with E-state index >= 15 is 0 Å². The molecule has 8 nitrogen and oxygen atoms in total. The Hall–Kier alpha value is -3.39. The number of nitrogens with one attached hydrogen (secondary N) is 2. The molecule has 0 aliphatic heterocycles. The van der Waals surface area contributed by atoms with E-state index in [1.54, 1.807) is 0 Å². The second-order valence-corrected chi connectivity index (χ2v) is 8.99. The van der Waals surface area contributed by atoms with Gasteiger partial charge in [-0.1, -0.05) is 61.4 Å². The van der Waals surface area contributed by atoms with Crippen molar-refractivity contribution in [2.24, 2.45) is 5.41 Å². The summed E-state index contributed by atoms with van der Waals surface area (Å²) in [7, 11) is 1.43. The van der Waals surface area contributed by atoms with Gasteiger partial charge in [-0.25, -0.2) is 4.79 Å². The fourth-order valence-corrected chi connectivity index (χ4v) is 5.03. The molecule has 34 heavy (non-hydrogen) atoms. The zero-order valence-electron chi connectivity index (χ0n) is 19.2. The topological polar surface area (TPSA) is 114 Å². The summed E-state index contributed by atoms with van der Waals surface area (Å²) in [6, 6.07) is 15.1. The monoisotopic (exact) mass is 466 g/mol. The molecule has 2 aromatic rings. The lowest BCUT2D eigenvalue weighted by Crippen LogP contribution is -2.52. The average molecular weight is 467 g/mol. The molecule has 2 aliphatic carbocycles. The largest absolute Gasteiger partial charge is 0.481 e. The van der Waals surface area contributed by atoms with Crippen molar-refractivity contribution in [3.63, 3.8) is 0 Å². The van der Waals surface area contributed by atoms with Crippen LogP contribution in [-0.4, -0.2) is 56.0 Å². The van der Waals surface area contributed by atoms with E-state index in [4.69, 9.17) is 9.47 Å². The number of methoxy groups -OCH3 is 1. The minimum atomic E-state index is -0.993. The summed E-state index contributed by atoms with van der Waals surface area (Å²) in [4.78, 5) is 37.0. The van der Waals surface area contributed by atoms with E-state index in [2.05, 4.69) is 22.8 Å². The van der Waals surface area contributed by atoms with Crippen molar-refractivity contribution >= 4 is 18.0 Å². The minimum absolute atomic E-state index is 0.0216. The molecular formula is C26H30N2O6. The number of carbonyl (C=O) groups excluding carboxylic acids is 2. The van der Waals surface area contributed by atoms with Gasteiger partial charge in [0.25, 0.3) is 0 Å². The van der Waals surface area contributed by atoms with Crippen LogP contribution in [0.15, 0.2) is 48.5 Å². The van der Waals surface area contributed by atoms with Gasteiger partial charge in [0.1, 0.15) is 12.6 Å². The molecule has 0 radical (unpaired) electrons. The van der Waals surface area contributed by atoms with Crippen LogP contribution in [-0.2, 0) is 19.1 Å². The van der Waals surface area contributed by atoms with Gasteiger partial charge in [-0.05, 0) is 35.1 Å². The minimum Gasteiger partial charge on any atom is -0.481 e. The highest BCUT2D eigenvalue weighted by Gasteiger charge is 2.42. The quantitative estimate of drug-likeness (QED) is 0.523. The third-order valence-corrected chi connectivity index (χ3v) is 6.90. The van der Waals surface area contributed by atoms with Crippen LogP contribution in [0.25, 0.3) is 11.1 Å². The van der Waals surface area contributed by atoms with Gasteiger partial charge >= 0.3 is 12.1 Å². The molecule has 1 atom stereocenters. The Labute approximate surface area is 198 Å². The summed E-state index contributed by atoms with van der Waals surface area (Å²) in [5.41, 5.74) is 3.50. The highest BCUT2D eigenvalue weighted by Crippen LogP contribution is 2.44. The first-order chi connectivity index (χ1) is 16.4. The molecular weight excluding hydrogens is 436 g/mol. The number of benzene rings is 2. The third kappa shape index (κ3) is 4.77. The van der Waals surface area contributed by atoms with Crippen molar-refractivity contribution in [1.29, 1.82) is 0 Å². The zero-order valence-corrected chi connectivity index (χ0v) is 19.2. The van der Waals surface area contributed by atoms with Crippen molar-refractivity contribution in [1.82, 2.24) is 10.6 Å². The first kappa shape index (κ1) is 23.8. The van der Waals surface area contributed by atoms with Crippen molar-refractivity contribution < 1.29 is 29.0 Å². The molecule has 8 heteroatoms. The summed E-state index contributed by atoms with van der Waals surface area (Å²) in [5, 5.41) is 14.9. The van der Waals surface area contributed by atoms with E-state index in [0.29, 0.717) is 12.8 Å². The molecule has 0 heterocycles. The number of carboxylic acid groups (broad SMARTS) is 1. The predicted molar refractivity (Wildman–Crippen MR) is 125 cm³/mol. The standard InChI is InChI=1S/C26H30N2O6/c1-33-15-22(23(29)27-16-26(24(30)31)12-6-7-13-26)28-25(32)34-14-21-19-10-4-2-8-17(19)18-9-3-5-11-20(18)21/h2-5,8-11,21-22H,6-7,12-16H2,1H3,(H,27,29)(H,28,32)(H,30,31). The molecule has 3 N–H and O–H groups in total. The van der Waals surface area contributed by atoms with Crippen LogP contribution in [0.4, 0.5) is 4.79 Å². The Morgan fingerprint density at radius 3 is 2.18 bits per heavy atom. The summed E-state index contributed by atoms with van der Waals surface area (Å²) >= 11 is 0. The lowest BCUT2D eigenvalue weighted by Gasteiger charge is -2.25. The smallest absolute Gasteiger partial charge is 0.407 e. The van der Waals surface area contributed by atoms with Gasteiger partial charge in [-0.2, -0.15) is 0 Å². The molecule has 1 fully saturated rings. The zero-order chi connectivity index (χ0) is 24.1.